The Labute approximate surface area is 303 Å². The van der Waals surface area contributed by atoms with Crippen molar-refractivity contribution in [2.24, 2.45) is 0 Å². The molecule has 48 heavy (non-hydrogen) atoms. The average Bonchev–Trinajstić information content (AvgIpc) is 3.09. The predicted octanol–water partition coefficient (Wildman–Crippen LogP) is 11.2. The summed E-state index contributed by atoms with van der Waals surface area (Å²) < 4.78 is 0. The Hall–Kier alpha value is -0.200. The fourth-order valence-electron chi connectivity index (χ4n) is 6.81. The maximum absolute atomic E-state index is 10.2. The van der Waals surface area contributed by atoms with E-state index in [1.807, 2.05) is 0 Å². The van der Waals surface area contributed by atoms with E-state index in [2.05, 4.69) is 35.1 Å². The molecule has 290 valence electrons. The van der Waals surface area contributed by atoms with Gasteiger partial charge in [0, 0.05) is 26.2 Å². The molecule has 0 spiro atoms. The lowest BCUT2D eigenvalue weighted by atomic mass is 10.0. The van der Waals surface area contributed by atoms with Crippen molar-refractivity contribution in [3.8, 4) is 0 Å². The second-order valence-electron chi connectivity index (χ2n) is 15.1. The van der Waals surface area contributed by atoms with E-state index in [0.29, 0.717) is 0 Å². The Morgan fingerprint density at radius 2 is 0.500 bits per heavy atom. The Morgan fingerprint density at radius 1 is 0.271 bits per heavy atom. The highest BCUT2D eigenvalue weighted by molar-refractivity contribution is 4.59. The minimum atomic E-state index is -0.0451. The number of nitrogens with one attached hydrogen (secondary N) is 4. The maximum atomic E-state index is 10.2. The molecule has 0 heterocycles. The van der Waals surface area contributed by atoms with Gasteiger partial charge in [0.15, 0.2) is 0 Å². The summed E-state index contributed by atoms with van der Waals surface area (Å²) in [5.74, 6) is 0. The van der Waals surface area contributed by atoms with Crippen molar-refractivity contribution in [2.45, 2.75) is 225 Å². The maximum Gasteiger partial charge on any atom is 0.0540 e. The van der Waals surface area contributed by atoms with Gasteiger partial charge in [-0.3, -0.25) is 0 Å². The van der Waals surface area contributed by atoms with Crippen LogP contribution in [-0.4, -0.2) is 63.6 Å². The van der Waals surface area contributed by atoms with Crippen LogP contribution in [0, 0.1) is 0 Å². The summed E-state index contributed by atoms with van der Waals surface area (Å²) in [5, 5.41) is 24.6. The van der Waals surface area contributed by atoms with Crippen LogP contribution in [0.3, 0.4) is 0 Å². The SMILES string of the molecule is CCCCCCCCCCCCNCCNCCCNCCNCCCCCCCCCCCCCC(O)CCCCCCCCCC. The fourth-order valence-corrected chi connectivity index (χ4v) is 6.81. The molecule has 0 amide bonds. The average molecular weight is 681 g/mol. The third kappa shape index (κ3) is 43.8. The van der Waals surface area contributed by atoms with Crippen LogP contribution < -0.4 is 21.3 Å². The molecule has 0 aromatic heterocycles. The van der Waals surface area contributed by atoms with Crippen LogP contribution in [0.1, 0.15) is 219 Å². The summed E-state index contributed by atoms with van der Waals surface area (Å²) in [6.45, 7) is 13.5. The molecule has 0 aliphatic carbocycles. The van der Waals surface area contributed by atoms with Crippen LogP contribution in [-0.2, 0) is 0 Å². The van der Waals surface area contributed by atoms with Crippen LogP contribution in [0.5, 0.6) is 0 Å². The van der Waals surface area contributed by atoms with Crippen LogP contribution in [0.2, 0.25) is 0 Å². The van der Waals surface area contributed by atoms with Crippen LogP contribution in [0.15, 0.2) is 0 Å². The molecule has 0 aromatic rings. The van der Waals surface area contributed by atoms with Gasteiger partial charge in [0.1, 0.15) is 0 Å². The Balaban J connectivity index is 3.09. The number of rotatable bonds is 44. The quantitative estimate of drug-likeness (QED) is 0.0414. The third-order valence-electron chi connectivity index (χ3n) is 10.2. The topological polar surface area (TPSA) is 68.3 Å². The van der Waals surface area contributed by atoms with E-state index in [0.717, 1.165) is 52.1 Å². The third-order valence-corrected chi connectivity index (χ3v) is 10.2. The normalized spacial score (nSPS) is 12.3. The molecule has 5 heteroatoms. The monoisotopic (exact) mass is 681 g/mol. The molecular weight excluding hydrogens is 589 g/mol. The van der Waals surface area contributed by atoms with Crippen molar-refractivity contribution >= 4 is 0 Å². The van der Waals surface area contributed by atoms with E-state index in [-0.39, 0.29) is 6.10 Å². The molecule has 0 saturated heterocycles. The van der Waals surface area contributed by atoms with Crippen molar-refractivity contribution in [1.82, 2.24) is 21.3 Å². The van der Waals surface area contributed by atoms with E-state index in [1.165, 1.54) is 206 Å². The van der Waals surface area contributed by atoms with Gasteiger partial charge in [-0.05, 0) is 58.3 Å². The van der Waals surface area contributed by atoms with E-state index in [9.17, 15) is 5.11 Å². The molecule has 0 radical (unpaired) electrons. The van der Waals surface area contributed by atoms with E-state index >= 15 is 0 Å². The molecule has 0 aliphatic rings. The number of unbranched alkanes of at least 4 members (excludes halogenated alkanes) is 26. The van der Waals surface area contributed by atoms with Gasteiger partial charge in [0.05, 0.1) is 6.10 Å². The summed E-state index contributed by atoms with van der Waals surface area (Å²) in [5.41, 5.74) is 0. The highest BCUT2D eigenvalue weighted by Crippen LogP contribution is 2.16. The van der Waals surface area contributed by atoms with Crippen molar-refractivity contribution < 1.29 is 5.11 Å². The number of aliphatic hydroxyl groups is 1. The van der Waals surface area contributed by atoms with Crippen LogP contribution in [0.25, 0.3) is 0 Å². The smallest absolute Gasteiger partial charge is 0.0540 e. The summed E-state index contributed by atoms with van der Waals surface area (Å²) in [7, 11) is 0. The molecule has 0 bridgehead atoms. The van der Waals surface area contributed by atoms with Crippen molar-refractivity contribution in [2.75, 3.05) is 52.4 Å². The molecular formula is C43H92N4O. The largest absolute Gasteiger partial charge is 0.393 e. The lowest BCUT2D eigenvalue weighted by molar-refractivity contribution is 0.147. The van der Waals surface area contributed by atoms with Crippen molar-refractivity contribution in [1.29, 1.82) is 0 Å². The molecule has 5 nitrogen and oxygen atoms in total. The van der Waals surface area contributed by atoms with Gasteiger partial charge in [-0.15, -0.1) is 0 Å². The number of hydrogen-bond donors (Lipinski definition) is 5. The van der Waals surface area contributed by atoms with E-state index < -0.39 is 0 Å². The molecule has 0 aliphatic heterocycles. The first-order valence-corrected chi connectivity index (χ1v) is 22.3. The predicted molar refractivity (Wildman–Crippen MR) is 217 cm³/mol. The van der Waals surface area contributed by atoms with Gasteiger partial charge >= 0.3 is 0 Å². The van der Waals surface area contributed by atoms with Gasteiger partial charge < -0.3 is 26.4 Å². The van der Waals surface area contributed by atoms with E-state index in [1.54, 1.807) is 0 Å². The van der Waals surface area contributed by atoms with Gasteiger partial charge in [0.2, 0.25) is 0 Å². The summed E-state index contributed by atoms with van der Waals surface area (Å²) in [4.78, 5) is 0. The zero-order chi connectivity index (χ0) is 34.7. The zero-order valence-electron chi connectivity index (χ0n) is 33.3. The first-order valence-electron chi connectivity index (χ1n) is 22.3. The molecule has 0 rings (SSSR count). The Morgan fingerprint density at radius 3 is 0.792 bits per heavy atom. The summed E-state index contributed by atoms with van der Waals surface area (Å²) in [6.07, 6.45) is 43.2. The number of aliphatic hydroxyl groups excluding tert-OH is 1. The lowest BCUT2D eigenvalue weighted by Gasteiger charge is -2.10. The van der Waals surface area contributed by atoms with Gasteiger partial charge in [-0.25, -0.2) is 0 Å². The second-order valence-corrected chi connectivity index (χ2v) is 15.1. The summed E-state index contributed by atoms with van der Waals surface area (Å²) in [6, 6.07) is 0. The first kappa shape index (κ1) is 47.8. The Bertz CT molecular complexity index is 549. The minimum Gasteiger partial charge on any atom is -0.393 e. The fraction of sp³-hybridized carbons (Fsp3) is 1.00. The van der Waals surface area contributed by atoms with Gasteiger partial charge in [-0.2, -0.15) is 0 Å². The van der Waals surface area contributed by atoms with Crippen molar-refractivity contribution in [3.63, 3.8) is 0 Å². The first-order chi connectivity index (χ1) is 23.8. The molecule has 0 saturated carbocycles. The lowest BCUT2D eigenvalue weighted by Crippen LogP contribution is -2.31. The molecule has 5 N–H and O–H groups in total. The highest BCUT2D eigenvalue weighted by atomic mass is 16.3. The van der Waals surface area contributed by atoms with Gasteiger partial charge in [-0.1, -0.05) is 187 Å². The van der Waals surface area contributed by atoms with Crippen molar-refractivity contribution in [3.05, 3.63) is 0 Å². The molecule has 0 fully saturated rings. The second kappa shape index (κ2) is 44.8. The van der Waals surface area contributed by atoms with Gasteiger partial charge in [0.25, 0.3) is 0 Å². The van der Waals surface area contributed by atoms with Crippen LogP contribution >= 0.6 is 0 Å². The minimum absolute atomic E-state index is 0.0451. The van der Waals surface area contributed by atoms with Crippen LogP contribution in [0.4, 0.5) is 0 Å². The van der Waals surface area contributed by atoms with E-state index in [4.69, 9.17) is 0 Å². The summed E-state index contributed by atoms with van der Waals surface area (Å²) >= 11 is 0. The standard InChI is InChI=1S/C43H92N4O/c1-3-5-7-9-11-13-18-22-26-30-35-44-39-41-46-37-32-38-47-42-40-45-36-31-27-23-19-16-14-15-17-21-25-29-34-43(48)33-28-24-20-12-10-8-6-4-2/h43-48H,3-42H2,1-2H3. The molecule has 1 atom stereocenters. The molecule has 1 unspecified atom stereocenters. The molecule has 0 aromatic carbocycles. The zero-order valence-corrected chi connectivity index (χ0v) is 33.3. The number of hydrogen-bond acceptors (Lipinski definition) is 5. The Kier molecular flexibility index (Phi) is 44.6. The highest BCUT2D eigenvalue weighted by Gasteiger charge is 2.04.